The summed E-state index contributed by atoms with van der Waals surface area (Å²) in [6.45, 7) is 7.49. The lowest BCUT2D eigenvalue weighted by Gasteiger charge is -2.26. The second-order valence-corrected chi connectivity index (χ2v) is 5.66. The van der Waals surface area contributed by atoms with Gasteiger partial charge in [-0.25, -0.2) is 9.67 Å². The highest BCUT2D eigenvalue weighted by molar-refractivity contribution is 4.84. The van der Waals surface area contributed by atoms with E-state index in [1.165, 1.54) is 25.7 Å². The zero-order chi connectivity index (χ0) is 12.8. The number of aromatic nitrogens is 3. The van der Waals surface area contributed by atoms with Crippen LogP contribution < -0.4 is 5.32 Å². The first-order valence-corrected chi connectivity index (χ1v) is 7.37. The molecule has 1 saturated carbocycles. The van der Waals surface area contributed by atoms with Crippen molar-refractivity contribution in [1.82, 2.24) is 20.1 Å². The summed E-state index contributed by atoms with van der Waals surface area (Å²) in [7, 11) is 0. The van der Waals surface area contributed by atoms with E-state index in [1.54, 1.807) is 6.33 Å². The molecule has 18 heavy (non-hydrogen) atoms. The Kier molecular flexibility index (Phi) is 5.17. The maximum atomic E-state index is 4.32. The first-order chi connectivity index (χ1) is 8.79. The zero-order valence-corrected chi connectivity index (χ0v) is 11.7. The van der Waals surface area contributed by atoms with Gasteiger partial charge in [-0.3, -0.25) is 0 Å². The van der Waals surface area contributed by atoms with Crippen LogP contribution in [0.15, 0.2) is 6.33 Å². The molecule has 0 saturated heterocycles. The summed E-state index contributed by atoms with van der Waals surface area (Å²) in [4.78, 5) is 4.32. The van der Waals surface area contributed by atoms with Gasteiger partial charge in [0.2, 0.25) is 0 Å². The third-order valence-electron chi connectivity index (χ3n) is 3.98. The predicted molar refractivity (Wildman–Crippen MR) is 73.1 cm³/mol. The van der Waals surface area contributed by atoms with Crippen molar-refractivity contribution in [2.75, 3.05) is 6.54 Å². The Bertz CT molecular complexity index is 339. The molecule has 0 amide bonds. The number of nitrogens with one attached hydrogen (secondary N) is 1. The molecule has 1 aromatic heterocycles. The summed E-state index contributed by atoms with van der Waals surface area (Å²) in [6, 6.07) is 0. The molecule has 0 aromatic carbocycles. The van der Waals surface area contributed by atoms with Crippen LogP contribution >= 0.6 is 0 Å². The lowest BCUT2D eigenvalue weighted by atomic mass is 9.83. The van der Waals surface area contributed by atoms with Crippen LogP contribution in [0.1, 0.15) is 51.8 Å². The maximum absolute atomic E-state index is 4.32. The normalized spacial score (nSPS) is 24.3. The van der Waals surface area contributed by atoms with E-state index in [-0.39, 0.29) is 0 Å². The van der Waals surface area contributed by atoms with E-state index < -0.39 is 0 Å². The fourth-order valence-corrected chi connectivity index (χ4v) is 2.74. The topological polar surface area (TPSA) is 42.7 Å². The minimum Gasteiger partial charge on any atom is -0.310 e. The Balaban J connectivity index is 1.70. The number of hydrogen-bond acceptors (Lipinski definition) is 3. The van der Waals surface area contributed by atoms with Crippen LogP contribution in [0.5, 0.6) is 0 Å². The van der Waals surface area contributed by atoms with Crippen LogP contribution in [0, 0.1) is 11.8 Å². The highest BCUT2D eigenvalue weighted by atomic mass is 15.3. The van der Waals surface area contributed by atoms with Crippen molar-refractivity contribution < 1.29 is 0 Å². The molecule has 1 heterocycles. The van der Waals surface area contributed by atoms with Crippen molar-refractivity contribution in [2.45, 2.75) is 59.0 Å². The Morgan fingerprint density at radius 1 is 1.33 bits per heavy atom. The SMILES string of the molecule is CCCn1ncnc1CNCC1CCC(C)CC1. The highest BCUT2D eigenvalue weighted by Gasteiger charge is 2.17. The molecule has 0 bridgehead atoms. The van der Waals surface area contributed by atoms with Crippen molar-refractivity contribution in [1.29, 1.82) is 0 Å². The van der Waals surface area contributed by atoms with Gasteiger partial charge in [-0.2, -0.15) is 5.10 Å². The second kappa shape index (κ2) is 6.88. The summed E-state index contributed by atoms with van der Waals surface area (Å²) in [6.07, 6.45) is 8.34. The standard InChI is InChI=1S/C14H26N4/c1-3-8-18-14(16-11-17-18)10-15-9-13-6-4-12(2)5-7-13/h11-13,15H,3-10H2,1-2H3. The van der Waals surface area contributed by atoms with Gasteiger partial charge >= 0.3 is 0 Å². The first kappa shape index (κ1) is 13.5. The monoisotopic (exact) mass is 250 g/mol. The molecule has 1 fully saturated rings. The quantitative estimate of drug-likeness (QED) is 0.844. The average molecular weight is 250 g/mol. The smallest absolute Gasteiger partial charge is 0.140 e. The van der Waals surface area contributed by atoms with Gasteiger partial charge in [0.25, 0.3) is 0 Å². The van der Waals surface area contributed by atoms with E-state index in [4.69, 9.17) is 0 Å². The second-order valence-electron chi connectivity index (χ2n) is 5.66. The van der Waals surface area contributed by atoms with Gasteiger partial charge in [0.1, 0.15) is 12.2 Å². The molecular formula is C14H26N4. The van der Waals surface area contributed by atoms with Crippen molar-refractivity contribution in [3.05, 3.63) is 12.2 Å². The number of hydrogen-bond donors (Lipinski definition) is 1. The van der Waals surface area contributed by atoms with Crippen molar-refractivity contribution in [3.8, 4) is 0 Å². The van der Waals surface area contributed by atoms with E-state index in [0.29, 0.717) is 0 Å². The largest absolute Gasteiger partial charge is 0.310 e. The third-order valence-corrected chi connectivity index (χ3v) is 3.98. The molecule has 0 atom stereocenters. The lowest BCUT2D eigenvalue weighted by Crippen LogP contribution is -2.27. The molecule has 4 nitrogen and oxygen atoms in total. The van der Waals surface area contributed by atoms with Gasteiger partial charge in [-0.05, 0) is 37.6 Å². The van der Waals surface area contributed by atoms with Gasteiger partial charge < -0.3 is 5.32 Å². The van der Waals surface area contributed by atoms with E-state index in [0.717, 1.165) is 43.7 Å². The molecule has 1 aliphatic rings. The van der Waals surface area contributed by atoms with Gasteiger partial charge in [0.15, 0.2) is 0 Å². The molecule has 0 radical (unpaired) electrons. The molecule has 4 heteroatoms. The van der Waals surface area contributed by atoms with Gasteiger partial charge in [0.05, 0.1) is 6.54 Å². The van der Waals surface area contributed by atoms with Crippen LogP contribution in [-0.4, -0.2) is 21.3 Å². The van der Waals surface area contributed by atoms with Crippen LogP contribution in [0.4, 0.5) is 0 Å². The molecular weight excluding hydrogens is 224 g/mol. The summed E-state index contributed by atoms with van der Waals surface area (Å²) < 4.78 is 2.01. The number of nitrogens with zero attached hydrogens (tertiary/aromatic N) is 3. The third kappa shape index (κ3) is 3.80. The van der Waals surface area contributed by atoms with E-state index >= 15 is 0 Å². The molecule has 1 aromatic rings. The van der Waals surface area contributed by atoms with Crippen molar-refractivity contribution >= 4 is 0 Å². The number of rotatable bonds is 6. The van der Waals surface area contributed by atoms with Gasteiger partial charge in [0, 0.05) is 6.54 Å². The maximum Gasteiger partial charge on any atom is 0.140 e. The predicted octanol–water partition coefficient (Wildman–Crippen LogP) is 2.60. The molecule has 1 aliphatic carbocycles. The summed E-state index contributed by atoms with van der Waals surface area (Å²) in [5.74, 6) is 2.87. The first-order valence-electron chi connectivity index (χ1n) is 7.37. The number of aryl methyl sites for hydroxylation is 1. The molecule has 102 valence electrons. The van der Waals surface area contributed by atoms with Crippen molar-refractivity contribution in [3.63, 3.8) is 0 Å². The average Bonchev–Trinajstić information content (AvgIpc) is 2.80. The Hall–Kier alpha value is -0.900. The van der Waals surface area contributed by atoms with Crippen LogP contribution in [0.2, 0.25) is 0 Å². The van der Waals surface area contributed by atoms with Gasteiger partial charge in [-0.1, -0.05) is 26.7 Å². The Morgan fingerprint density at radius 3 is 2.83 bits per heavy atom. The van der Waals surface area contributed by atoms with E-state index in [9.17, 15) is 0 Å². The molecule has 0 spiro atoms. The summed E-state index contributed by atoms with van der Waals surface area (Å²) >= 11 is 0. The summed E-state index contributed by atoms with van der Waals surface area (Å²) in [5.41, 5.74) is 0. The minimum absolute atomic E-state index is 0.853. The minimum atomic E-state index is 0.853. The van der Waals surface area contributed by atoms with E-state index in [2.05, 4.69) is 29.2 Å². The van der Waals surface area contributed by atoms with Crippen LogP contribution in [0.3, 0.4) is 0 Å². The molecule has 1 N–H and O–H groups in total. The molecule has 0 aliphatic heterocycles. The van der Waals surface area contributed by atoms with E-state index in [1.807, 2.05) is 4.68 Å². The van der Waals surface area contributed by atoms with Gasteiger partial charge in [-0.15, -0.1) is 0 Å². The van der Waals surface area contributed by atoms with Crippen LogP contribution in [0.25, 0.3) is 0 Å². The lowest BCUT2D eigenvalue weighted by molar-refractivity contribution is 0.280. The zero-order valence-electron chi connectivity index (χ0n) is 11.7. The molecule has 0 unspecified atom stereocenters. The molecule has 2 rings (SSSR count). The Labute approximate surface area is 110 Å². The summed E-state index contributed by atoms with van der Waals surface area (Å²) in [5, 5.41) is 7.79. The van der Waals surface area contributed by atoms with Crippen molar-refractivity contribution in [2.24, 2.45) is 11.8 Å². The highest BCUT2D eigenvalue weighted by Crippen LogP contribution is 2.27. The van der Waals surface area contributed by atoms with Crippen LogP contribution in [-0.2, 0) is 13.1 Å². The Morgan fingerprint density at radius 2 is 2.11 bits per heavy atom. The fraction of sp³-hybridized carbons (Fsp3) is 0.857. The fourth-order valence-electron chi connectivity index (χ4n) is 2.74.